The van der Waals surface area contributed by atoms with E-state index in [0.29, 0.717) is 25.2 Å². The predicted octanol–water partition coefficient (Wildman–Crippen LogP) is 2.18. The molecule has 2 N–H and O–H groups in total. The van der Waals surface area contributed by atoms with Gasteiger partial charge in [-0.2, -0.15) is 0 Å². The van der Waals surface area contributed by atoms with Crippen molar-refractivity contribution in [1.29, 1.82) is 0 Å². The van der Waals surface area contributed by atoms with Crippen LogP contribution in [0.4, 0.5) is 5.69 Å². The molecule has 4 nitrogen and oxygen atoms in total. The highest BCUT2D eigenvalue weighted by Crippen LogP contribution is 2.13. The van der Waals surface area contributed by atoms with Gasteiger partial charge in [-0.3, -0.25) is 4.79 Å². The van der Waals surface area contributed by atoms with E-state index < -0.39 is 6.10 Å². The number of hydrogen-bond acceptors (Lipinski definition) is 3. The van der Waals surface area contributed by atoms with E-state index in [1.54, 1.807) is 17.0 Å². The van der Waals surface area contributed by atoms with Crippen LogP contribution in [-0.4, -0.2) is 47.5 Å². The number of halogens is 1. The number of amides is 1. The van der Waals surface area contributed by atoms with Gasteiger partial charge in [-0.1, -0.05) is 6.07 Å². The molecule has 0 heterocycles. The molecule has 1 rings (SSSR count). The Morgan fingerprint density at radius 2 is 2.11 bits per heavy atom. The number of nitrogens with one attached hydrogen (secondary N) is 1. The Labute approximate surface area is 119 Å². The fourth-order valence-electron chi connectivity index (χ4n) is 1.75. The lowest BCUT2D eigenvalue weighted by atomic mass is 10.1. The van der Waals surface area contributed by atoms with Crippen molar-refractivity contribution in [2.45, 2.75) is 20.0 Å². The van der Waals surface area contributed by atoms with Crippen molar-refractivity contribution >= 4 is 23.2 Å². The molecule has 106 valence electrons. The molecule has 1 aromatic rings. The van der Waals surface area contributed by atoms with E-state index in [4.69, 9.17) is 11.6 Å². The minimum absolute atomic E-state index is 0.0199. The number of carbonyl (C=O) groups excluding carboxylic acids is 1. The molecule has 0 aliphatic heterocycles. The number of alkyl halides is 1. The van der Waals surface area contributed by atoms with E-state index in [0.717, 1.165) is 5.69 Å². The number of benzene rings is 1. The standard InChI is InChI=1S/C14H21ClN2O2/c1-3-17(4-2)14(19)11-6-5-7-12(8-11)16-10-13(18)9-15/h5-8,13,16,18H,3-4,9-10H2,1-2H3. The molecule has 0 saturated carbocycles. The lowest BCUT2D eigenvalue weighted by Crippen LogP contribution is -2.30. The summed E-state index contributed by atoms with van der Waals surface area (Å²) >= 11 is 5.53. The van der Waals surface area contributed by atoms with Crippen LogP contribution in [0.15, 0.2) is 24.3 Å². The number of anilines is 1. The third kappa shape index (κ3) is 4.73. The Bertz CT molecular complexity index is 408. The van der Waals surface area contributed by atoms with Crippen LogP contribution in [0.25, 0.3) is 0 Å². The summed E-state index contributed by atoms with van der Waals surface area (Å²) in [7, 11) is 0. The van der Waals surface area contributed by atoms with Crippen molar-refractivity contribution in [1.82, 2.24) is 4.90 Å². The SMILES string of the molecule is CCN(CC)C(=O)c1cccc(NCC(O)CCl)c1. The van der Waals surface area contributed by atoms with Crippen molar-refractivity contribution in [3.8, 4) is 0 Å². The van der Waals surface area contributed by atoms with E-state index in [-0.39, 0.29) is 11.8 Å². The van der Waals surface area contributed by atoms with E-state index in [1.807, 2.05) is 26.0 Å². The van der Waals surface area contributed by atoms with Crippen LogP contribution in [0, 0.1) is 0 Å². The van der Waals surface area contributed by atoms with Crippen molar-refractivity contribution in [3.63, 3.8) is 0 Å². The van der Waals surface area contributed by atoms with Crippen LogP contribution in [0.1, 0.15) is 24.2 Å². The van der Waals surface area contributed by atoms with E-state index in [9.17, 15) is 9.90 Å². The maximum atomic E-state index is 12.2. The Hall–Kier alpha value is -1.26. The molecule has 0 saturated heterocycles. The van der Waals surface area contributed by atoms with Gasteiger partial charge in [-0.05, 0) is 32.0 Å². The molecule has 0 radical (unpaired) electrons. The molecule has 19 heavy (non-hydrogen) atoms. The lowest BCUT2D eigenvalue weighted by Gasteiger charge is -2.19. The average molecular weight is 285 g/mol. The van der Waals surface area contributed by atoms with Gasteiger partial charge in [0.15, 0.2) is 0 Å². The first-order valence-electron chi connectivity index (χ1n) is 6.49. The second kappa shape index (κ2) is 8.02. The van der Waals surface area contributed by atoms with Crippen LogP contribution >= 0.6 is 11.6 Å². The third-order valence-electron chi connectivity index (χ3n) is 2.88. The first-order valence-corrected chi connectivity index (χ1v) is 7.03. The zero-order valence-electron chi connectivity index (χ0n) is 11.4. The molecule has 1 aromatic carbocycles. The van der Waals surface area contributed by atoms with Gasteiger partial charge in [0.25, 0.3) is 5.91 Å². The maximum absolute atomic E-state index is 12.2. The topological polar surface area (TPSA) is 52.6 Å². The molecule has 1 unspecified atom stereocenters. The fraction of sp³-hybridized carbons (Fsp3) is 0.500. The molecule has 0 aromatic heterocycles. The third-order valence-corrected chi connectivity index (χ3v) is 3.24. The second-order valence-corrected chi connectivity index (χ2v) is 4.56. The van der Waals surface area contributed by atoms with Gasteiger partial charge in [0.1, 0.15) is 0 Å². The van der Waals surface area contributed by atoms with E-state index in [1.165, 1.54) is 0 Å². The summed E-state index contributed by atoms with van der Waals surface area (Å²) in [4.78, 5) is 14.0. The van der Waals surface area contributed by atoms with Crippen LogP contribution in [0.3, 0.4) is 0 Å². The monoisotopic (exact) mass is 284 g/mol. The molecule has 0 bridgehead atoms. The van der Waals surface area contributed by atoms with Crippen LogP contribution in [0.5, 0.6) is 0 Å². The largest absolute Gasteiger partial charge is 0.390 e. The summed E-state index contributed by atoms with van der Waals surface area (Å²) in [5.41, 5.74) is 1.45. The lowest BCUT2D eigenvalue weighted by molar-refractivity contribution is 0.0773. The Morgan fingerprint density at radius 1 is 1.42 bits per heavy atom. The van der Waals surface area contributed by atoms with Crippen molar-refractivity contribution in [3.05, 3.63) is 29.8 Å². The highest BCUT2D eigenvalue weighted by molar-refractivity contribution is 6.18. The summed E-state index contributed by atoms with van der Waals surface area (Å²) < 4.78 is 0. The van der Waals surface area contributed by atoms with Gasteiger partial charge in [-0.25, -0.2) is 0 Å². The summed E-state index contributed by atoms with van der Waals surface area (Å²) in [6.07, 6.45) is -0.594. The number of aliphatic hydroxyl groups excluding tert-OH is 1. The Balaban J connectivity index is 2.73. The van der Waals surface area contributed by atoms with Crippen molar-refractivity contribution in [2.24, 2.45) is 0 Å². The molecule has 0 aliphatic rings. The smallest absolute Gasteiger partial charge is 0.253 e. The highest BCUT2D eigenvalue weighted by atomic mass is 35.5. The summed E-state index contributed by atoms with van der Waals surface area (Å²) in [6.45, 7) is 5.67. The molecule has 1 amide bonds. The Kier molecular flexibility index (Phi) is 6.67. The quantitative estimate of drug-likeness (QED) is 0.755. The molecule has 0 aliphatic carbocycles. The molecule has 0 fully saturated rings. The maximum Gasteiger partial charge on any atom is 0.253 e. The molecule has 5 heteroatoms. The number of carbonyl (C=O) groups is 1. The summed E-state index contributed by atoms with van der Waals surface area (Å²) in [5, 5.41) is 12.5. The van der Waals surface area contributed by atoms with Gasteiger partial charge in [0.2, 0.25) is 0 Å². The normalized spacial score (nSPS) is 12.0. The van der Waals surface area contributed by atoms with E-state index in [2.05, 4.69) is 5.32 Å². The number of nitrogens with zero attached hydrogens (tertiary/aromatic N) is 1. The number of rotatable bonds is 7. The van der Waals surface area contributed by atoms with Crippen LogP contribution in [0.2, 0.25) is 0 Å². The van der Waals surface area contributed by atoms with Gasteiger partial charge in [0, 0.05) is 30.9 Å². The minimum Gasteiger partial charge on any atom is -0.390 e. The molecule has 0 spiro atoms. The fourth-order valence-corrected chi connectivity index (χ4v) is 1.85. The minimum atomic E-state index is -0.594. The van der Waals surface area contributed by atoms with Gasteiger partial charge >= 0.3 is 0 Å². The van der Waals surface area contributed by atoms with Crippen LogP contribution < -0.4 is 5.32 Å². The van der Waals surface area contributed by atoms with Gasteiger partial charge < -0.3 is 15.3 Å². The van der Waals surface area contributed by atoms with Gasteiger partial charge in [0.05, 0.1) is 12.0 Å². The first-order chi connectivity index (χ1) is 9.12. The zero-order valence-corrected chi connectivity index (χ0v) is 12.2. The molecular formula is C14H21ClN2O2. The number of aliphatic hydroxyl groups is 1. The highest BCUT2D eigenvalue weighted by Gasteiger charge is 2.12. The number of hydrogen-bond donors (Lipinski definition) is 2. The zero-order chi connectivity index (χ0) is 14.3. The van der Waals surface area contributed by atoms with Crippen molar-refractivity contribution in [2.75, 3.05) is 30.8 Å². The second-order valence-electron chi connectivity index (χ2n) is 4.25. The predicted molar refractivity (Wildman–Crippen MR) is 78.9 cm³/mol. The van der Waals surface area contributed by atoms with E-state index >= 15 is 0 Å². The van der Waals surface area contributed by atoms with Gasteiger partial charge in [-0.15, -0.1) is 11.6 Å². The van der Waals surface area contributed by atoms with Crippen LogP contribution in [-0.2, 0) is 0 Å². The Morgan fingerprint density at radius 3 is 2.68 bits per heavy atom. The first kappa shape index (κ1) is 15.8. The summed E-state index contributed by atoms with van der Waals surface area (Å²) in [6, 6.07) is 7.28. The average Bonchev–Trinajstić information content (AvgIpc) is 2.46. The molecule has 1 atom stereocenters. The molecular weight excluding hydrogens is 264 g/mol. The summed E-state index contributed by atoms with van der Waals surface area (Å²) in [5.74, 6) is 0.206. The van der Waals surface area contributed by atoms with Crippen molar-refractivity contribution < 1.29 is 9.90 Å².